The van der Waals surface area contributed by atoms with E-state index in [0.717, 1.165) is 0 Å². The minimum Gasteiger partial charge on any atom is -0.449 e. The first kappa shape index (κ1) is 32.7. The van der Waals surface area contributed by atoms with Gasteiger partial charge in [-0.25, -0.2) is 4.79 Å². The minimum atomic E-state index is -0.890. The lowest BCUT2D eigenvalue weighted by atomic mass is 10.2. The van der Waals surface area contributed by atoms with Gasteiger partial charge < -0.3 is 32.6 Å². The molecule has 0 radical (unpaired) electrons. The quantitative estimate of drug-likeness (QED) is 0.209. The molecule has 5 amide bonds. The molecule has 0 rings (SSSR count). The summed E-state index contributed by atoms with van der Waals surface area (Å²) in [6.45, 7) is 17.5. The molecule has 32 heavy (non-hydrogen) atoms. The summed E-state index contributed by atoms with van der Waals surface area (Å²) in [6.07, 6.45) is -0.890. The van der Waals surface area contributed by atoms with Crippen molar-refractivity contribution in [1.29, 1.82) is 0 Å². The van der Waals surface area contributed by atoms with Crippen molar-refractivity contribution >= 4 is 35.5 Å². The summed E-state index contributed by atoms with van der Waals surface area (Å²) in [7, 11) is 0. The van der Waals surface area contributed by atoms with Crippen LogP contribution in [0.3, 0.4) is 0 Å². The molecule has 0 bridgehead atoms. The number of hydrogen-bond acceptors (Lipinski definition) is 7. The fourth-order valence-corrected chi connectivity index (χ4v) is 1.03. The SMILES string of the molecule is C=C(C)C(=O)NC(C)C(N)=O.C=C(C)C(=O)NCC(N)=O.C=C(C)C(=O)OC(C)C(N)=O. The Morgan fingerprint density at radius 3 is 1.50 bits per heavy atom. The molecular formula is C20H33N5O7. The molecule has 12 heteroatoms. The second kappa shape index (κ2) is 16.8. The number of amides is 5. The zero-order valence-electron chi connectivity index (χ0n) is 19.1. The van der Waals surface area contributed by atoms with E-state index in [1.165, 1.54) is 20.8 Å². The molecule has 8 N–H and O–H groups in total. The molecule has 2 unspecified atom stereocenters. The minimum absolute atomic E-state index is 0.133. The zero-order valence-corrected chi connectivity index (χ0v) is 19.1. The molecule has 0 aliphatic carbocycles. The third-order valence-electron chi connectivity index (χ3n) is 3.01. The van der Waals surface area contributed by atoms with E-state index in [4.69, 9.17) is 17.2 Å². The van der Waals surface area contributed by atoms with Crippen molar-refractivity contribution < 1.29 is 33.5 Å². The number of rotatable bonds is 9. The van der Waals surface area contributed by atoms with Crippen molar-refractivity contribution in [3.8, 4) is 0 Å². The van der Waals surface area contributed by atoms with Gasteiger partial charge in [-0.2, -0.15) is 0 Å². The number of nitrogens with one attached hydrogen (secondary N) is 2. The first-order valence-corrected chi connectivity index (χ1v) is 9.07. The van der Waals surface area contributed by atoms with Crippen LogP contribution in [-0.2, 0) is 33.5 Å². The Hall–Kier alpha value is -3.96. The number of carbonyl (C=O) groups is 6. The number of ether oxygens (including phenoxy) is 1. The van der Waals surface area contributed by atoms with Crippen LogP contribution in [0, 0.1) is 0 Å². The van der Waals surface area contributed by atoms with Crippen LogP contribution in [0.15, 0.2) is 36.5 Å². The number of hydrogen-bond donors (Lipinski definition) is 5. The summed E-state index contributed by atoms with van der Waals surface area (Å²) in [4.78, 5) is 63.1. The van der Waals surface area contributed by atoms with Gasteiger partial charge in [0.05, 0.1) is 6.54 Å². The Kier molecular flexibility index (Phi) is 17.2. The van der Waals surface area contributed by atoms with E-state index in [1.807, 2.05) is 0 Å². The molecule has 0 saturated heterocycles. The molecule has 180 valence electrons. The maximum absolute atomic E-state index is 10.8. The smallest absolute Gasteiger partial charge is 0.333 e. The number of esters is 1. The van der Waals surface area contributed by atoms with Crippen molar-refractivity contribution in [1.82, 2.24) is 10.6 Å². The van der Waals surface area contributed by atoms with Crippen LogP contribution < -0.4 is 27.8 Å². The first-order valence-electron chi connectivity index (χ1n) is 9.07. The summed E-state index contributed by atoms with van der Waals surface area (Å²) >= 11 is 0. The van der Waals surface area contributed by atoms with Gasteiger partial charge in [0.2, 0.25) is 23.6 Å². The van der Waals surface area contributed by atoms with Crippen LogP contribution >= 0.6 is 0 Å². The van der Waals surface area contributed by atoms with E-state index < -0.39 is 35.8 Å². The average Bonchev–Trinajstić information content (AvgIpc) is 2.66. The van der Waals surface area contributed by atoms with Crippen molar-refractivity contribution in [2.45, 2.75) is 46.8 Å². The standard InChI is InChI=1S/C7H12N2O2.C7H11NO3.C6H10N2O2/c1-4(2)7(11)9-5(3)6(8)10;1-4(2)7(10)11-5(3)6(8)9;1-4(2)6(10)8-3-5(7)9/h5H,1H2,2-3H3,(H2,8,10)(H,9,11);5H,1H2,2-3H3,(H2,8,9);1,3H2,2H3,(H2,7,9)(H,8,10). The van der Waals surface area contributed by atoms with Crippen LogP contribution in [0.5, 0.6) is 0 Å². The van der Waals surface area contributed by atoms with E-state index >= 15 is 0 Å². The third kappa shape index (κ3) is 19.4. The van der Waals surface area contributed by atoms with Crippen LogP contribution in [0.1, 0.15) is 34.6 Å². The summed E-state index contributed by atoms with van der Waals surface area (Å²) < 4.78 is 4.56. The van der Waals surface area contributed by atoms with Crippen LogP contribution in [-0.4, -0.2) is 54.2 Å². The van der Waals surface area contributed by atoms with Gasteiger partial charge >= 0.3 is 5.97 Å². The number of primary amides is 3. The van der Waals surface area contributed by atoms with Gasteiger partial charge in [0.25, 0.3) is 5.91 Å². The molecular weight excluding hydrogens is 422 g/mol. The molecule has 0 aromatic rings. The fourth-order valence-electron chi connectivity index (χ4n) is 1.03. The maximum atomic E-state index is 10.8. The Balaban J connectivity index is -0.000000395. The van der Waals surface area contributed by atoms with Crippen LogP contribution in [0.4, 0.5) is 0 Å². The first-order chi connectivity index (χ1) is 14.4. The van der Waals surface area contributed by atoms with E-state index in [2.05, 4.69) is 35.1 Å². The molecule has 0 fully saturated rings. The molecule has 0 aliphatic heterocycles. The van der Waals surface area contributed by atoms with Gasteiger partial charge in [0.1, 0.15) is 6.04 Å². The van der Waals surface area contributed by atoms with Gasteiger partial charge in [0.15, 0.2) is 6.10 Å². The molecule has 0 spiro atoms. The lowest BCUT2D eigenvalue weighted by molar-refractivity contribution is -0.149. The lowest BCUT2D eigenvalue weighted by Gasteiger charge is -2.08. The van der Waals surface area contributed by atoms with Crippen molar-refractivity contribution in [2.75, 3.05) is 6.54 Å². The summed E-state index contributed by atoms with van der Waals surface area (Å²) in [6, 6.07) is -0.640. The Morgan fingerprint density at radius 2 is 1.22 bits per heavy atom. The van der Waals surface area contributed by atoms with Gasteiger partial charge in [0, 0.05) is 16.7 Å². The highest BCUT2D eigenvalue weighted by Crippen LogP contribution is 1.96. The van der Waals surface area contributed by atoms with Gasteiger partial charge in [-0.3, -0.25) is 24.0 Å². The summed E-state index contributed by atoms with van der Waals surface area (Å²) in [5.74, 6) is -3.08. The van der Waals surface area contributed by atoms with Crippen molar-refractivity contribution in [2.24, 2.45) is 17.2 Å². The predicted molar refractivity (Wildman–Crippen MR) is 118 cm³/mol. The van der Waals surface area contributed by atoms with E-state index in [-0.39, 0.29) is 23.9 Å². The third-order valence-corrected chi connectivity index (χ3v) is 3.01. The summed E-state index contributed by atoms with van der Waals surface area (Å²) in [5.41, 5.74) is 15.5. The highest BCUT2D eigenvalue weighted by Gasteiger charge is 2.14. The topological polar surface area (TPSA) is 214 Å². The van der Waals surface area contributed by atoms with E-state index in [1.54, 1.807) is 13.8 Å². The largest absolute Gasteiger partial charge is 0.449 e. The number of carbonyl (C=O) groups excluding carboxylic acids is 6. The van der Waals surface area contributed by atoms with Gasteiger partial charge in [-0.15, -0.1) is 0 Å². The van der Waals surface area contributed by atoms with Gasteiger partial charge in [-0.1, -0.05) is 19.7 Å². The van der Waals surface area contributed by atoms with Crippen LogP contribution in [0.2, 0.25) is 0 Å². The molecule has 12 nitrogen and oxygen atoms in total. The molecule has 0 aromatic carbocycles. The lowest BCUT2D eigenvalue weighted by Crippen LogP contribution is -2.42. The molecule has 0 saturated carbocycles. The highest BCUT2D eigenvalue weighted by atomic mass is 16.5. The normalized spacial score (nSPS) is 10.8. The highest BCUT2D eigenvalue weighted by molar-refractivity contribution is 5.95. The summed E-state index contributed by atoms with van der Waals surface area (Å²) in [5, 5.41) is 4.63. The second-order valence-electron chi connectivity index (χ2n) is 6.54. The fraction of sp³-hybridized carbons (Fsp3) is 0.400. The molecule has 0 aromatic heterocycles. The monoisotopic (exact) mass is 455 g/mol. The Morgan fingerprint density at radius 1 is 0.781 bits per heavy atom. The maximum Gasteiger partial charge on any atom is 0.333 e. The van der Waals surface area contributed by atoms with Crippen molar-refractivity contribution in [3.05, 3.63) is 36.5 Å². The van der Waals surface area contributed by atoms with E-state index in [0.29, 0.717) is 11.1 Å². The van der Waals surface area contributed by atoms with Crippen molar-refractivity contribution in [3.63, 3.8) is 0 Å². The van der Waals surface area contributed by atoms with Gasteiger partial charge in [-0.05, 0) is 34.6 Å². The van der Waals surface area contributed by atoms with Crippen LogP contribution in [0.25, 0.3) is 0 Å². The van der Waals surface area contributed by atoms with E-state index in [9.17, 15) is 28.8 Å². The predicted octanol–water partition coefficient (Wildman–Crippen LogP) is -1.30. The Bertz CT molecular complexity index is 730. The number of nitrogens with two attached hydrogens (primary N) is 3. The zero-order chi connectivity index (χ0) is 26.2. The average molecular weight is 456 g/mol. The Labute approximate surface area is 187 Å². The molecule has 0 aliphatic rings. The molecule has 2 atom stereocenters. The molecule has 0 heterocycles. The second-order valence-corrected chi connectivity index (χ2v) is 6.54.